The van der Waals surface area contributed by atoms with Crippen LogP contribution in [0.3, 0.4) is 0 Å². The number of fused-ring (bicyclic) bond motifs is 2. The average molecular weight is 396 g/mol. The van der Waals surface area contributed by atoms with E-state index in [1.807, 2.05) is 29.2 Å². The molecule has 5 rings (SSSR count). The van der Waals surface area contributed by atoms with Crippen molar-refractivity contribution in [1.29, 1.82) is 0 Å². The van der Waals surface area contributed by atoms with Gasteiger partial charge in [-0.15, -0.1) is 11.6 Å². The summed E-state index contributed by atoms with van der Waals surface area (Å²) >= 11 is 6.01. The van der Waals surface area contributed by atoms with Gasteiger partial charge in [0.2, 0.25) is 11.8 Å². The van der Waals surface area contributed by atoms with Crippen molar-refractivity contribution in [3.63, 3.8) is 0 Å². The number of rotatable bonds is 3. The maximum Gasteiger partial charge on any atom is 0.232 e. The van der Waals surface area contributed by atoms with Gasteiger partial charge in [0.15, 0.2) is 0 Å². The molecule has 0 bridgehead atoms. The van der Waals surface area contributed by atoms with Crippen molar-refractivity contribution in [3.8, 4) is 0 Å². The third-order valence-corrected chi connectivity index (χ3v) is 6.62. The van der Waals surface area contributed by atoms with Crippen LogP contribution >= 0.6 is 11.6 Å². The highest BCUT2D eigenvalue weighted by molar-refractivity contribution is 6.17. The summed E-state index contributed by atoms with van der Waals surface area (Å²) < 4.78 is 0. The summed E-state index contributed by atoms with van der Waals surface area (Å²) in [5, 5.41) is 0. The highest BCUT2D eigenvalue weighted by atomic mass is 35.5. The number of hydrogen-bond donors (Lipinski definition) is 1. The van der Waals surface area contributed by atoms with Crippen LogP contribution < -0.4 is 15.5 Å². The molecular formula is C22H22ClN3O2. The van der Waals surface area contributed by atoms with Crippen molar-refractivity contribution >= 4 is 40.5 Å². The van der Waals surface area contributed by atoms with Gasteiger partial charge in [-0.2, -0.15) is 0 Å². The molecule has 2 amide bonds. The minimum Gasteiger partial charge on any atom is -0.399 e. The van der Waals surface area contributed by atoms with Crippen molar-refractivity contribution < 1.29 is 9.59 Å². The second kappa shape index (κ2) is 6.24. The SMILES string of the molecule is Nc1cccc(N2CC(C(=O)N3CC4(CC4)c4cc(CCl)ccc43)CC2=O)c1. The Morgan fingerprint density at radius 3 is 2.75 bits per heavy atom. The first-order chi connectivity index (χ1) is 13.5. The molecule has 2 aliphatic heterocycles. The van der Waals surface area contributed by atoms with E-state index in [-0.39, 0.29) is 29.6 Å². The van der Waals surface area contributed by atoms with Gasteiger partial charge in [-0.25, -0.2) is 0 Å². The molecule has 3 aliphatic rings. The van der Waals surface area contributed by atoms with E-state index in [0.717, 1.165) is 36.3 Å². The number of anilines is 3. The van der Waals surface area contributed by atoms with Gasteiger partial charge in [0.05, 0.1) is 5.92 Å². The lowest BCUT2D eigenvalue weighted by Crippen LogP contribution is -2.37. The molecule has 5 nitrogen and oxygen atoms in total. The third-order valence-electron chi connectivity index (χ3n) is 6.31. The lowest BCUT2D eigenvalue weighted by Gasteiger charge is -2.22. The first-order valence-electron chi connectivity index (χ1n) is 9.67. The molecule has 0 aromatic heterocycles. The van der Waals surface area contributed by atoms with Crippen LogP contribution in [0.1, 0.15) is 30.4 Å². The molecule has 1 spiro atoms. The fraction of sp³-hybridized carbons (Fsp3) is 0.364. The summed E-state index contributed by atoms with van der Waals surface area (Å²) in [6.07, 6.45) is 2.45. The van der Waals surface area contributed by atoms with Gasteiger partial charge in [0, 0.05) is 47.9 Å². The van der Waals surface area contributed by atoms with Crippen LogP contribution in [0.4, 0.5) is 17.1 Å². The molecule has 2 heterocycles. The van der Waals surface area contributed by atoms with E-state index in [1.54, 1.807) is 17.0 Å². The van der Waals surface area contributed by atoms with Gasteiger partial charge in [0.25, 0.3) is 0 Å². The Kier molecular flexibility index (Phi) is 3.91. The zero-order valence-electron chi connectivity index (χ0n) is 15.5. The molecule has 1 atom stereocenters. The predicted octanol–water partition coefficient (Wildman–Crippen LogP) is 3.44. The minimum absolute atomic E-state index is 0.0259. The summed E-state index contributed by atoms with van der Waals surface area (Å²) in [6, 6.07) is 13.4. The van der Waals surface area contributed by atoms with E-state index >= 15 is 0 Å². The molecule has 2 aromatic carbocycles. The molecule has 2 N–H and O–H groups in total. The van der Waals surface area contributed by atoms with E-state index in [0.29, 0.717) is 18.1 Å². The first-order valence-corrected chi connectivity index (χ1v) is 10.2. The number of hydrogen-bond acceptors (Lipinski definition) is 3. The second-order valence-electron chi connectivity index (χ2n) is 8.19. The molecule has 2 aromatic rings. The van der Waals surface area contributed by atoms with Crippen LogP contribution in [0.25, 0.3) is 0 Å². The Morgan fingerprint density at radius 2 is 2.04 bits per heavy atom. The molecule has 144 valence electrons. The van der Waals surface area contributed by atoms with E-state index in [2.05, 4.69) is 6.07 Å². The Hall–Kier alpha value is -2.53. The summed E-state index contributed by atoms with van der Waals surface area (Å²) in [4.78, 5) is 29.5. The van der Waals surface area contributed by atoms with E-state index < -0.39 is 0 Å². The third kappa shape index (κ3) is 2.68. The van der Waals surface area contributed by atoms with Crippen LogP contribution in [-0.4, -0.2) is 24.9 Å². The summed E-state index contributed by atoms with van der Waals surface area (Å²) in [5.74, 6) is 0.164. The van der Waals surface area contributed by atoms with E-state index in [4.69, 9.17) is 17.3 Å². The maximum absolute atomic E-state index is 13.4. The zero-order valence-corrected chi connectivity index (χ0v) is 16.3. The summed E-state index contributed by atoms with van der Waals surface area (Å²) in [7, 11) is 0. The number of nitrogens with two attached hydrogens (primary N) is 1. The van der Waals surface area contributed by atoms with Gasteiger partial charge < -0.3 is 15.5 Å². The average Bonchev–Trinajstić information content (AvgIpc) is 3.27. The minimum atomic E-state index is -0.330. The highest BCUT2D eigenvalue weighted by Crippen LogP contribution is 2.57. The molecule has 28 heavy (non-hydrogen) atoms. The standard InChI is InChI=1S/C22H22ClN3O2/c23-11-14-4-5-19-18(8-14)22(6-7-22)13-26(19)21(28)15-9-20(27)25(12-15)17-3-1-2-16(24)10-17/h1-5,8,10,15H,6-7,9,11-13,24H2. The van der Waals surface area contributed by atoms with Crippen LogP contribution in [0.15, 0.2) is 42.5 Å². The topological polar surface area (TPSA) is 66.6 Å². The van der Waals surface area contributed by atoms with Gasteiger partial charge in [-0.1, -0.05) is 18.2 Å². The number of amides is 2. The Bertz CT molecular complexity index is 985. The maximum atomic E-state index is 13.4. The summed E-state index contributed by atoms with van der Waals surface area (Å²) in [6.45, 7) is 1.12. The molecule has 2 fully saturated rings. The fourth-order valence-electron chi connectivity index (χ4n) is 4.61. The molecule has 1 saturated heterocycles. The van der Waals surface area contributed by atoms with Crippen molar-refractivity contribution in [2.75, 3.05) is 28.6 Å². The highest BCUT2D eigenvalue weighted by Gasteiger charge is 2.54. The Morgan fingerprint density at radius 1 is 1.21 bits per heavy atom. The number of benzene rings is 2. The predicted molar refractivity (Wildman–Crippen MR) is 111 cm³/mol. The van der Waals surface area contributed by atoms with Crippen LogP contribution in [0.5, 0.6) is 0 Å². The Labute approximate surface area is 169 Å². The quantitative estimate of drug-likeness (QED) is 0.639. The van der Waals surface area contributed by atoms with Gasteiger partial charge >= 0.3 is 0 Å². The van der Waals surface area contributed by atoms with Crippen LogP contribution in [0, 0.1) is 5.92 Å². The number of nitrogen functional groups attached to an aromatic ring is 1. The smallest absolute Gasteiger partial charge is 0.232 e. The number of carbonyl (C=O) groups is 2. The largest absolute Gasteiger partial charge is 0.399 e. The molecule has 6 heteroatoms. The molecule has 1 aliphatic carbocycles. The van der Waals surface area contributed by atoms with Crippen LogP contribution in [0.2, 0.25) is 0 Å². The first kappa shape index (κ1) is 17.6. The summed E-state index contributed by atoms with van der Waals surface area (Å²) in [5.41, 5.74) is 10.7. The van der Waals surface area contributed by atoms with Gasteiger partial charge in [-0.3, -0.25) is 9.59 Å². The zero-order chi connectivity index (χ0) is 19.5. The van der Waals surface area contributed by atoms with E-state index in [9.17, 15) is 9.59 Å². The van der Waals surface area contributed by atoms with Crippen molar-refractivity contribution in [2.24, 2.45) is 5.92 Å². The number of halogens is 1. The number of nitrogens with zero attached hydrogens (tertiary/aromatic N) is 2. The van der Waals surface area contributed by atoms with E-state index in [1.165, 1.54) is 5.56 Å². The molecule has 1 unspecified atom stereocenters. The second-order valence-corrected chi connectivity index (χ2v) is 8.46. The molecule has 0 radical (unpaired) electrons. The molecule has 1 saturated carbocycles. The lowest BCUT2D eigenvalue weighted by atomic mass is 9.97. The monoisotopic (exact) mass is 395 g/mol. The van der Waals surface area contributed by atoms with Crippen molar-refractivity contribution in [3.05, 3.63) is 53.6 Å². The number of carbonyl (C=O) groups excluding carboxylic acids is 2. The Balaban J connectivity index is 1.40. The number of alkyl halides is 1. The molecular weight excluding hydrogens is 374 g/mol. The van der Waals surface area contributed by atoms with Crippen LogP contribution in [-0.2, 0) is 20.9 Å². The normalized spacial score (nSPS) is 22.0. The van der Waals surface area contributed by atoms with Gasteiger partial charge in [-0.05, 0) is 48.2 Å². The lowest BCUT2D eigenvalue weighted by molar-refractivity contribution is -0.124. The van der Waals surface area contributed by atoms with Crippen molar-refractivity contribution in [1.82, 2.24) is 0 Å². The van der Waals surface area contributed by atoms with Crippen molar-refractivity contribution in [2.45, 2.75) is 30.6 Å². The fourth-order valence-corrected chi connectivity index (χ4v) is 4.78. The van der Waals surface area contributed by atoms with Gasteiger partial charge in [0.1, 0.15) is 0 Å².